The Kier molecular flexibility index (Phi) is 6.40. The van der Waals surface area contributed by atoms with Gasteiger partial charge in [0.2, 0.25) is 10.0 Å². The first-order chi connectivity index (χ1) is 14.3. The van der Waals surface area contributed by atoms with Crippen LogP contribution in [-0.2, 0) is 10.0 Å². The van der Waals surface area contributed by atoms with E-state index in [1.165, 1.54) is 27.8 Å². The number of hydrogen-bond donors (Lipinski definition) is 1. The Hall–Kier alpha value is -1.59. The highest BCUT2D eigenvalue weighted by atomic mass is 79.9. The zero-order valence-corrected chi connectivity index (χ0v) is 20.2. The molecule has 3 aromatic rings. The molecule has 1 amide bonds. The van der Waals surface area contributed by atoms with Crippen molar-refractivity contribution in [3.63, 3.8) is 0 Å². The molecule has 4 rings (SSSR count). The lowest BCUT2D eigenvalue weighted by Crippen LogP contribution is -2.37. The number of carbonyl (C=O) groups is 1. The number of halogens is 1. The van der Waals surface area contributed by atoms with Gasteiger partial charge in [0.25, 0.3) is 5.91 Å². The summed E-state index contributed by atoms with van der Waals surface area (Å²) >= 11 is 6.35. The molecule has 6 nitrogen and oxygen atoms in total. The van der Waals surface area contributed by atoms with Crippen LogP contribution in [0.3, 0.4) is 0 Å². The molecule has 0 aliphatic carbocycles. The summed E-state index contributed by atoms with van der Waals surface area (Å²) in [5, 5.41) is 5.17. The van der Waals surface area contributed by atoms with E-state index >= 15 is 0 Å². The second-order valence-corrected chi connectivity index (χ2v) is 12.5. The van der Waals surface area contributed by atoms with Crippen LogP contribution in [0, 0.1) is 5.92 Å². The summed E-state index contributed by atoms with van der Waals surface area (Å²) in [4.78, 5) is 18.2. The lowest BCUT2D eigenvalue weighted by molar-refractivity contribution is 0.102. The summed E-state index contributed by atoms with van der Waals surface area (Å²) in [7, 11) is -3.52. The standard InChI is InChI=1S/C20H20BrN3O3S3/c1-13-8-10-24(11-9-13)30(26,27)15-4-2-14(3-5-15)19(25)23-20-22-16(12-28-20)17-6-7-18(21)29-17/h2-7,12-13H,8-11H2,1H3,(H,22,23,25). The van der Waals surface area contributed by atoms with Gasteiger partial charge in [0.15, 0.2) is 5.13 Å². The normalized spacial score (nSPS) is 15.9. The van der Waals surface area contributed by atoms with Gasteiger partial charge in [-0.3, -0.25) is 10.1 Å². The van der Waals surface area contributed by atoms with Crippen molar-refractivity contribution in [1.82, 2.24) is 9.29 Å². The van der Waals surface area contributed by atoms with Gasteiger partial charge >= 0.3 is 0 Å². The molecule has 2 aromatic heterocycles. The number of aromatic nitrogens is 1. The Morgan fingerprint density at radius 2 is 1.87 bits per heavy atom. The highest BCUT2D eigenvalue weighted by Gasteiger charge is 2.28. The minimum Gasteiger partial charge on any atom is -0.298 e. The summed E-state index contributed by atoms with van der Waals surface area (Å²) in [5.41, 5.74) is 1.19. The Morgan fingerprint density at radius 3 is 2.50 bits per heavy atom. The Balaban J connectivity index is 1.44. The average Bonchev–Trinajstić information content (AvgIpc) is 3.37. The first-order valence-electron chi connectivity index (χ1n) is 9.46. The van der Waals surface area contributed by atoms with E-state index in [2.05, 4.69) is 33.2 Å². The van der Waals surface area contributed by atoms with Crippen LogP contribution in [0.25, 0.3) is 10.6 Å². The van der Waals surface area contributed by atoms with Crippen LogP contribution in [0.15, 0.2) is 50.5 Å². The van der Waals surface area contributed by atoms with Crippen molar-refractivity contribution >= 4 is 59.7 Å². The van der Waals surface area contributed by atoms with Gasteiger partial charge in [-0.05, 0) is 71.1 Å². The zero-order valence-electron chi connectivity index (χ0n) is 16.2. The molecule has 0 atom stereocenters. The predicted molar refractivity (Wildman–Crippen MR) is 125 cm³/mol. The molecule has 1 fully saturated rings. The van der Waals surface area contributed by atoms with Crippen LogP contribution in [0.1, 0.15) is 30.1 Å². The molecule has 1 saturated heterocycles. The summed E-state index contributed by atoms with van der Waals surface area (Å²) in [6, 6.07) is 10.0. The topological polar surface area (TPSA) is 79.4 Å². The first-order valence-corrected chi connectivity index (χ1v) is 13.4. The molecular formula is C20H20BrN3O3S3. The van der Waals surface area contributed by atoms with E-state index in [-0.39, 0.29) is 10.8 Å². The quantitative estimate of drug-likeness (QED) is 0.489. The van der Waals surface area contributed by atoms with E-state index < -0.39 is 10.0 Å². The molecule has 0 bridgehead atoms. The third-order valence-electron chi connectivity index (χ3n) is 5.05. The maximum absolute atomic E-state index is 12.8. The third kappa shape index (κ3) is 4.67. The number of benzene rings is 1. The van der Waals surface area contributed by atoms with Gasteiger partial charge in [-0.2, -0.15) is 4.31 Å². The fourth-order valence-electron chi connectivity index (χ4n) is 3.22. The second-order valence-electron chi connectivity index (χ2n) is 7.21. The van der Waals surface area contributed by atoms with E-state index in [0.29, 0.717) is 29.7 Å². The van der Waals surface area contributed by atoms with E-state index in [1.54, 1.807) is 23.5 Å². The largest absolute Gasteiger partial charge is 0.298 e. The van der Waals surface area contributed by atoms with Crippen molar-refractivity contribution in [2.75, 3.05) is 18.4 Å². The van der Waals surface area contributed by atoms with Gasteiger partial charge in [0.1, 0.15) is 0 Å². The van der Waals surface area contributed by atoms with E-state index in [0.717, 1.165) is 27.2 Å². The number of nitrogens with one attached hydrogen (secondary N) is 1. The van der Waals surface area contributed by atoms with Gasteiger partial charge < -0.3 is 0 Å². The van der Waals surface area contributed by atoms with Crippen LogP contribution < -0.4 is 5.32 Å². The minimum atomic E-state index is -3.52. The SMILES string of the molecule is CC1CCN(S(=O)(=O)c2ccc(C(=O)Nc3nc(-c4ccc(Br)s4)cs3)cc2)CC1. The number of sulfonamides is 1. The fourth-order valence-corrected chi connectivity index (χ4v) is 6.81. The smallest absolute Gasteiger partial charge is 0.257 e. The third-order valence-corrected chi connectivity index (χ3v) is 9.36. The number of thiophene rings is 1. The van der Waals surface area contributed by atoms with Gasteiger partial charge in [0.05, 0.1) is 19.3 Å². The van der Waals surface area contributed by atoms with E-state index in [9.17, 15) is 13.2 Å². The maximum Gasteiger partial charge on any atom is 0.257 e. The van der Waals surface area contributed by atoms with Crippen LogP contribution in [0.4, 0.5) is 5.13 Å². The summed E-state index contributed by atoms with van der Waals surface area (Å²) in [5.74, 6) is 0.231. The van der Waals surface area contributed by atoms with Gasteiger partial charge in [-0.15, -0.1) is 22.7 Å². The van der Waals surface area contributed by atoms with E-state index in [4.69, 9.17) is 0 Å². The number of piperidine rings is 1. The Labute approximate surface area is 192 Å². The number of amides is 1. The molecule has 1 aliphatic heterocycles. The predicted octanol–water partition coefficient (Wildman–Crippen LogP) is 5.31. The molecule has 30 heavy (non-hydrogen) atoms. The Morgan fingerprint density at radius 1 is 1.17 bits per heavy atom. The second kappa shape index (κ2) is 8.88. The molecular weight excluding hydrogens is 506 g/mol. The summed E-state index contributed by atoms with van der Waals surface area (Å²) < 4.78 is 28.2. The highest BCUT2D eigenvalue weighted by Crippen LogP contribution is 2.33. The molecule has 3 heterocycles. The summed E-state index contributed by atoms with van der Waals surface area (Å²) in [6.07, 6.45) is 1.75. The van der Waals surface area contributed by atoms with Crippen molar-refractivity contribution in [2.24, 2.45) is 5.92 Å². The highest BCUT2D eigenvalue weighted by molar-refractivity contribution is 9.11. The van der Waals surface area contributed by atoms with Gasteiger partial charge in [-0.25, -0.2) is 13.4 Å². The molecule has 0 unspecified atom stereocenters. The molecule has 0 radical (unpaired) electrons. The van der Waals surface area contributed by atoms with Crippen molar-refractivity contribution in [3.8, 4) is 10.6 Å². The molecule has 1 N–H and O–H groups in total. The van der Waals surface area contributed by atoms with Gasteiger partial charge in [-0.1, -0.05) is 6.92 Å². The number of anilines is 1. The lowest BCUT2D eigenvalue weighted by atomic mass is 10.0. The van der Waals surface area contributed by atoms with Crippen molar-refractivity contribution in [1.29, 1.82) is 0 Å². The number of carbonyl (C=O) groups excluding carboxylic acids is 1. The molecule has 1 aliphatic rings. The van der Waals surface area contributed by atoms with Crippen molar-refractivity contribution in [2.45, 2.75) is 24.7 Å². The van der Waals surface area contributed by atoms with Crippen molar-refractivity contribution in [3.05, 3.63) is 51.1 Å². The van der Waals surface area contributed by atoms with E-state index in [1.807, 2.05) is 17.5 Å². The number of thiazole rings is 1. The van der Waals surface area contributed by atoms with Crippen molar-refractivity contribution < 1.29 is 13.2 Å². The molecule has 0 saturated carbocycles. The number of hydrogen-bond acceptors (Lipinski definition) is 6. The molecule has 158 valence electrons. The summed E-state index contributed by atoms with van der Waals surface area (Å²) in [6.45, 7) is 3.22. The minimum absolute atomic E-state index is 0.216. The van der Waals surface area contributed by atoms with Gasteiger partial charge in [0, 0.05) is 24.0 Å². The van der Waals surface area contributed by atoms with Crippen LogP contribution in [0.2, 0.25) is 0 Å². The maximum atomic E-state index is 12.8. The molecule has 10 heteroatoms. The zero-order chi connectivity index (χ0) is 21.3. The number of rotatable bonds is 5. The number of nitrogens with zero attached hydrogens (tertiary/aromatic N) is 2. The lowest BCUT2D eigenvalue weighted by Gasteiger charge is -2.29. The first kappa shape index (κ1) is 21.6. The van der Waals surface area contributed by atoms with Crippen LogP contribution >= 0.6 is 38.6 Å². The average molecular weight is 527 g/mol. The molecule has 0 spiro atoms. The fraction of sp³-hybridized carbons (Fsp3) is 0.300. The monoisotopic (exact) mass is 525 g/mol. The van der Waals surface area contributed by atoms with Crippen LogP contribution in [-0.4, -0.2) is 36.7 Å². The van der Waals surface area contributed by atoms with Crippen LogP contribution in [0.5, 0.6) is 0 Å². The molecule has 1 aromatic carbocycles. The Bertz CT molecular complexity index is 1150.